The number of amides is 4. The zero-order chi connectivity index (χ0) is 30.9. The Bertz CT molecular complexity index is 1480. The normalized spacial score (nSPS) is 20.8. The third-order valence-corrected chi connectivity index (χ3v) is 7.97. The van der Waals surface area contributed by atoms with Crippen LogP contribution in [-0.2, 0) is 31.8 Å². The highest BCUT2D eigenvalue weighted by atomic mass is 35.5. The summed E-state index contributed by atoms with van der Waals surface area (Å²) in [5, 5.41) is 18.6. The van der Waals surface area contributed by atoms with E-state index >= 15 is 0 Å². The molecule has 10 nitrogen and oxygen atoms in total. The van der Waals surface area contributed by atoms with Gasteiger partial charge in [-0.2, -0.15) is 13.2 Å². The van der Waals surface area contributed by atoms with Crippen molar-refractivity contribution in [1.29, 1.82) is 0 Å². The summed E-state index contributed by atoms with van der Waals surface area (Å²) in [4.78, 5) is 52.3. The number of anilines is 2. The van der Waals surface area contributed by atoms with Crippen molar-refractivity contribution < 1.29 is 37.5 Å². The molecule has 2 aromatic rings. The Hall–Kier alpha value is -3.94. The first-order valence-electron chi connectivity index (χ1n) is 13.7. The average Bonchev–Trinajstić information content (AvgIpc) is 3.17. The first-order valence-corrected chi connectivity index (χ1v) is 14.1. The second-order valence-corrected chi connectivity index (χ2v) is 11.2. The molecule has 3 heterocycles. The number of hydrogen-bond acceptors (Lipinski definition) is 8. The van der Waals surface area contributed by atoms with Crippen molar-refractivity contribution in [1.82, 2.24) is 15.1 Å². The summed E-state index contributed by atoms with van der Waals surface area (Å²) in [6.45, 7) is 2.26. The molecule has 3 aliphatic rings. The number of carbonyl (C=O) groups excluding carboxylic acids is 4. The number of hydrogen-bond donors (Lipinski definition) is 4. The van der Waals surface area contributed by atoms with Crippen molar-refractivity contribution in [3.8, 4) is 0 Å². The van der Waals surface area contributed by atoms with Gasteiger partial charge in [0.25, 0.3) is 11.8 Å². The fourth-order valence-corrected chi connectivity index (χ4v) is 5.62. The van der Waals surface area contributed by atoms with E-state index in [9.17, 15) is 37.5 Å². The average molecular weight is 620 g/mol. The second kappa shape index (κ2) is 12.3. The first-order chi connectivity index (χ1) is 20.4. The predicted octanol–water partition coefficient (Wildman–Crippen LogP) is 3.12. The van der Waals surface area contributed by atoms with E-state index in [1.807, 2.05) is 6.07 Å². The highest BCUT2D eigenvalue weighted by Gasteiger charge is 2.42. The Morgan fingerprint density at radius 2 is 1.84 bits per heavy atom. The fraction of sp³-hybridized carbons (Fsp3) is 0.379. The van der Waals surface area contributed by atoms with Gasteiger partial charge in [-0.05, 0) is 68.2 Å². The Morgan fingerprint density at radius 3 is 2.49 bits per heavy atom. The van der Waals surface area contributed by atoms with Gasteiger partial charge in [-0.3, -0.25) is 29.4 Å². The summed E-state index contributed by atoms with van der Waals surface area (Å²) in [5.41, 5.74) is 0.542. The van der Waals surface area contributed by atoms with E-state index in [-0.39, 0.29) is 30.1 Å². The highest BCUT2D eigenvalue weighted by molar-refractivity contribution is 6.31. The molecular weight excluding hydrogens is 591 g/mol. The van der Waals surface area contributed by atoms with Crippen LogP contribution in [0.15, 0.2) is 54.2 Å². The van der Waals surface area contributed by atoms with Crippen molar-refractivity contribution in [3.05, 3.63) is 70.4 Å². The Labute approximate surface area is 249 Å². The molecule has 43 heavy (non-hydrogen) atoms. The standard InChI is InChI=1S/C29H29ClF3N5O5/c30-21-13-19(5-6-20(21)29(31,32)33)35-26(41)17(15-37-9-2-10-37)11-16-3-1-4-18(12-16)34-22-14-25(40)38(28(22)43)23-7-8-24(39)36-27(23)42/h1,3-6,12-14,17,23,26,34-35,41H,2,7-11,15H2,(H,36,39,42). The van der Waals surface area contributed by atoms with Crippen LogP contribution in [0.1, 0.15) is 30.4 Å². The van der Waals surface area contributed by atoms with Gasteiger partial charge >= 0.3 is 6.18 Å². The number of alkyl halides is 3. The van der Waals surface area contributed by atoms with Crippen LogP contribution in [0.2, 0.25) is 5.02 Å². The maximum Gasteiger partial charge on any atom is 0.417 e. The number of piperidine rings is 1. The van der Waals surface area contributed by atoms with E-state index in [4.69, 9.17) is 11.6 Å². The topological polar surface area (TPSA) is 131 Å². The van der Waals surface area contributed by atoms with Crippen LogP contribution in [0.4, 0.5) is 24.5 Å². The van der Waals surface area contributed by atoms with Gasteiger partial charge in [0.15, 0.2) is 0 Å². The van der Waals surface area contributed by atoms with Crippen molar-refractivity contribution in [2.24, 2.45) is 5.92 Å². The molecule has 0 saturated carbocycles. The molecule has 2 saturated heterocycles. The van der Waals surface area contributed by atoms with Gasteiger partial charge in [-0.1, -0.05) is 23.7 Å². The van der Waals surface area contributed by atoms with Crippen LogP contribution in [0.3, 0.4) is 0 Å². The number of likely N-dealkylation sites (tertiary alicyclic amines) is 1. The van der Waals surface area contributed by atoms with Crippen LogP contribution in [-0.4, -0.2) is 70.4 Å². The lowest BCUT2D eigenvalue weighted by Gasteiger charge is -2.36. The van der Waals surface area contributed by atoms with Crippen LogP contribution < -0.4 is 16.0 Å². The van der Waals surface area contributed by atoms with Crippen molar-refractivity contribution >= 4 is 46.6 Å². The summed E-state index contributed by atoms with van der Waals surface area (Å²) in [6.07, 6.45) is -3.14. The molecule has 0 radical (unpaired) electrons. The van der Waals surface area contributed by atoms with E-state index < -0.39 is 52.7 Å². The third-order valence-electron chi connectivity index (χ3n) is 7.66. The van der Waals surface area contributed by atoms with Crippen LogP contribution in [0, 0.1) is 5.92 Å². The minimum atomic E-state index is -4.59. The molecule has 2 aromatic carbocycles. The fourth-order valence-electron chi connectivity index (χ4n) is 5.33. The van der Waals surface area contributed by atoms with E-state index in [1.54, 1.807) is 18.2 Å². The van der Waals surface area contributed by atoms with Crippen molar-refractivity contribution in [2.75, 3.05) is 30.3 Å². The van der Waals surface area contributed by atoms with Gasteiger partial charge in [-0.25, -0.2) is 0 Å². The van der Waals surface area contributed by atoms with Crippen LogP contribution >= 0.6 is 11.6 Å². The SMILES string of the molecule is O=C1CCC(N2C(=O)C=C(Nc3cccc(CC(CN4CCC4)C(O)Nc4ccc(C(F)(F)F)c(Cl)c4)c3)C2=O)C(=O)N1. The van der Waals surface area contributed by atoms with Gasteiger partial charge in [0, 0.05) is 36.3 Å². The maximum absolute atomic E-state index is 13.1. The molecule has 2 fully saturated rings. The Kier molecular flexibility index (Phi) is 8.76. The molecule has 0 spiro atoms. The van der Waals surface area contributed by atoms with Crippen LogP contribution in [0.25, 0.3) is 0 Å². The lowest BCUT2D eigenvalue weighted by Crippen LogP contribution is -2.54. The number of benzene rings is 2. The smallest absolute Gasteiger partial charge is 0.373 e. The number of nitrogens with one attached hydrogen (secondary N) is 3. The van der Waals surface area contributed by atoms with E-state index in [2.05, 4.69) is 20.9 Å². The lowest BCUT2D eigenvalue weighted by atomic mass is 9.95. The lowest BCUT2D eigenvalue weighted by molar-refractivity contribution is -0.149. The zero-order valence-electron chi connectivity index (χ0n) is 22.8. The quantitative estimate of drug-likeness (QED) is 0.236. The third kappa shape index (κ3) is 7.00. The predicted molar refractivity (Wildman–Crippen MR) is 151 cm³/mol. The van der Waals surface area contributed by atoms with Gasteiger partial charge in [0.05, 0.1) is 10.6 Å². The monoisotopic (exact) mass is 619 g/mol. The summed E-state index contributed by atoms with van der Waals surface area (Å²) in [7, 11) is 0. The zero-order valence-corrected chi connectivity index (χ0v) is 23.5. The van der Waals surface area contributed by atoms with Gasteiger partial charge in [0.1, 0.15) is 18.0 Å². The molecule has 0 aliphatic carbocycles. The number of nitrogens with zero attached hydrogens (tertiary/aromatic N) is 2. The van der Waals surface area contributed by atoms with Gasteiger partial charge in [0.2, 0.25) is 11.8 Å². The number of carbonyl (C=O) groups is 4. The van der Waals surface area contributed by atoms with E-state index in [1.165, 1.54) is 6.07 Å². The molecule has 0 aromatic heterocycles. The molecule has 5 rings (SSSR count). The molecule has 3 unspecified atom stereocenters. The second-order valence-electron chi connectivity index (χ2n) is 10.8. The number of rotatable bonds is 10. The minimum absolute atomic E-state index is 0.0173. The maximum atomic E-state index is 13.1. The van der Waals surface area contributed by atoms with E-state index in [0.29, 0.717) is 18.7 Å². The van der Waals surface area contributed by atoms with Crippen molar-refractivity contribution in [3.63, 3.8) is 0 Å². The largest absolute Gasteiger partial charge is 0.417 e. The molecule has 0 bridgehead atoms. The molecule has 3 atom stereocenters. The minimum Gasteiger partial charge on any atom is -0.373 e. The molecule has 4 amide bonds. The summed E-state index contributed by atoms with van der Waals surface area (Å²) < 4.78 is 39.3. The molecule has 4 N–H and O–H groups in total. The molecule has 228 valence electrons. The van der Waals surface area contributed by atoms with Crippen molar-refractivity contribution in [2.45, 2.75) is 44.1 Å². The Morgan fingerprint density at radius 1 is 1.07 bits per heavy atom. The first kappa shape index (κ1) is 30.5. The molecule has 3 aliphatic heterocycles. The number of aliphatic hydroxyl groups is 1. The number of imide groups is 2. The summed E-state index contributed by atoms with van der Waals surface area (Å²) in [5.74, 6) is -2.87. The van der Waals surface area contributed by atoms with E-state index in [0.717, 1.165) is 48.2 Å². The van der Waals surface area contributed by atoms with Crippen LogP contribution in [0.5, 0.6) is 0 Å². The van der Waals surface area contributed by atoms with Gasteiger partial charge in [-0.15, -0.1) is 0 Å². The Balaban J connectivity index is 1.27. The molecular formula is C29H29ClF3N5O5. The van der Waals surface area contributed by atoms with Gasteiger partial charge < -0.3 is 20.6 Å². The summed E-state index contributed by atoms with van der Waals surface area (Å²) >= 11 is 5.85. The summed E-state index contributed by atoms with van der Waals surface area (Å²) in [6, 6.07) is 9.17. The number of halogens is 4. The molecule has 14 heteroatoms. The highest BCUT2D eigenvalue weighted by Crippen LogP contribution is 2.36. The number of aliphatic hydroxyl groups excluding tert-OH is 1.